The lowest BCUT2D eigenvalue weighted by Crippen LogP contribution is -2.41. The van der Waals surface area contributed by atoms with Crippen LogP contribution in [-0.4, -0.2) is 52.1 Å². The van der Waals surface area contributed by atoms with Gasteiger partial charge >= 0.3 is 5.97 Å². The van der Waals surface area contributed by atoms with E-state index in [1.54, 1.807) is 0 Å². The van der Waals surface area contributed by atoms with E-state index in [4.69, 9.17) is 9.84 Å². The number of ether oxygens (including phenoxy) is 1. The van der Waals surface area contributed by atoms with Crippen LogP contribution in [-0.2, 0) is 19.1 Å². The van der Waals surface area contributed by atoms with Gasteiger partial charge < -0.3 is 14.7 Å². The van der Waals surface area contributed by atoms with Crippen molar-refractivity contribution in [1.29, 1.82) is 0 Å². The second-order valence-corrected chi connectivity index (χ2v) is 4.58. The van der Waals surface area contributed by atoms with Gasteiger partial charge in [0.05, 0.1) is 6.61 Å². The summed E-state index contributed by atoms with van der Waals surface area (Å²) in [7, 11) is 0. The van der Waals surface area contributed by atoms with Crippen LogP contribution in [0.5, 0.6) is 0 Å². The predicted octanol–water partition coefficient (Wildman–Crippen LogP) is -0.0743. The van der Waals surface area contributed by atoms with Crippen molar-refractivity contribution in [2.75, 3.05) is 19.1 Å². The average Bonchev–Trinajstić information content (AvgIpc) is 2.65. The summed E-state index contributed by atoms with van der Waals surface area (Å²) in [6, 6.07) is -0.894. The fourth-order valence-corrected chi connectivity index (χ4v) is 1.88. The molecule has 0 radical (unpaired) electrons. The molecule has 0 bridgehead atoms. The topological polar surface area (TPSA) is 83.9 Å². The molecule has 1 aliphatic heterocycles. The summed E-state index contributed by atoms with van der Waals surface area (Å²) in [5.74, 6) is -0.986. The van der Waals surface area contributed by atoms with Crippen LogP contribution in [0.2, 0.25) is 0 Å². The van der Waals surface area contributed by atoms with E-state index in [-0.39, 0.29) is 30.8 Å². The zero-order valence-corrected chi connectivity index (χ0v) is 9.66. The van der Waals surface area contributed by atoms with Crippen LogP contribution in [0.15, 0.2) is 0 Å². The van der Waals surface area contributed by atoms with Crippen LogP contribution >= 0.6 is 11.8 Å². The van der Waals surface area contributed by atoms with Crippen molar-refractivity contribution in [3.63, 3.8) is 0 Å². The first-order chi connectivity index (χ1) is 7.52. The Kier molecular flexibility index (Phi) is 4.75. The van der Waals surface area contributed by atoms with E-state index in [2.05, 4.69) is 0 Å². The third-order valence-corrected chi connectivity index (χ3v) is 2.92. The fraction of sp³-hybridized carbons (Fsp3) is 0.667. The molecule has 0 spiro atoms. The molecular weight excluding hydrogens is 234 g/mol. The maximum Gasteiger partial charge on any atom is 0.328 e. The van der Waals surface area contributed by atoms with Gasteiger partial charge in [-0.15, -0.1) is 0 Å². The monoisotopic (exact) mass is 247 g/mol. The second-order valence-electron chi connectivity index (χ2n) is 3.31. The van der Waals surface area contributed by atoms with E-state index < -0.39 is 12.0 Å². The summed E-state index contributed by atoms with van der Waals surface area (Å²) >= 11 is 1.05. The lowest BCUT2D eigenvalue weighted by molar-refractivity contribution is -0.147. The van der Waals surface area contributed by atoms with Crippen LogP contribution in [0.3, 0.4) is 0 Å². The van der Waals surface area contributed by atoms with Crippen LogP contribution in [0, 0.1) is 0 Å². The van der Waals surface area contributed by atoms with E-state index in [9.17, 15) is 14.4 Å². The highest BCUT2D eigenvalue weighted by molar-refractivity contribution is 8.13. The number of hydrogen-bond donors (Lipinski definition) is 1. The number of rotatable bonds is 4. The van der Waals surface area contributed by atoms with Gasteiger partial charge in [0.2, 0.25) is 5.91 Å². The summed E-state index contributed by atoms with van der Waals surface area (Å²) in [5.41, 5.74) is 0. The van der Waals surface area contributed by atoms with Gasteiger partial charge in [-0.05, 0) is 0 Å². The summed E-state index contributed by atoms with van der Waals surface area (Å²) < 4.78 is 4.93. The predicted molar refractivity (Wildman–Crippen MR) is 56.8 cm³/mol. The molecular formula is C9H13NO5S. The van der Waals surface area contributed by atoms with Gasteiger partial charge in [0.15, 0.2) is 11.2 Å². The molecule has 0 aromatic rings. The molecule has 1 aliphatic rings. The highest BCUT2D eigenvalue weighted by Crippen LogP contribution is 2.13. The Morgan fingerprint density at radius 3 is 2.75 bits per heavy atom. The molecule has 6 nitrogen and oxygen atoms in total. The third kappa shape index (κ3) is 3.49. The lowest BCUT2D eigenvalue weighted by Gasteiger charge is -2.18. The maximum absolute atomic E-state index is 11.6. The summed E-state index contributed by atoms with van der Waals surface area (Å²) in [6.07, 6.45) is 0.150. The zero-order valence-electron chi connectivity index (χ0n) is 8.84. The minimum absolute atomic E-state index is 0.0144. The van der Waals surface area contributed by atoms with Crippen LogP contribution in [0.1, 0.15) is 13.3 Å². The number of hydrogen-bond acceptors (Lipinski definition) is 5. The van der Waals surface area contributed by atoms with Gasteiger partial charge in [0.1, 0.15) is 6.73 Å². The molecule has 90 valence electrons. The average molecular weight is 247 g/mol. The number of carboxylic acids is 1. The van der Waals surface area contributed by atoms with Crippen molar-refractivity contribution in [3.8, 4) is 0 Å². The second kappa shape index (κ2) is 5.86. The van der Waals surface area contributed by atoms with Crippen LogP contribution in [0.25, 0.3) is 0 Å². The van der Waals surface area contributed by atoms with Crippen molar-refractivity contribution in [2.24, 2.45) is 0 Å². The van der Waals surface area contributed by atoms with E-state index in [1.165, 1.54) is 11.8 Å². The van der Waals surface area contributed by atoms with Gasteiger partial charge in [-0.3, -0.25) is 9.59 Å². The highest BCUT2D eigenvalue weighted by atomic mass is 32.2. The molecule has 1 saturated heterocycles. The molecule has 1 atom stereocenters. The molecule has 0 saturated carbocycles. The van der Waals surface area contributed by atoms with Crippen molar-refractivity contribution in [2.45, 2.75) is 19.4 Å². The minimum Gasteiger partial charge on any atom is -0.480 e. The number of amides is 1. The summed E-state index contributed by atoms with van der Waals surface area (Å²) in [5, 5.41) is 8.76. The minimum atomic E-state index is -1.06. The quantitative estimate of drug-likeness (QED) is 0.748. The molecule has 7 heteroatoms. The first-order valence-electron chi connectivity index (χ1n) is 4.75. The van der Waals surface area contributed by atoms with Crippen LogP contribution < -0.4 is 0 Å². The van der Waals surface area contributed by atoms with Gasteiger partial charge in [-0.2, -0.15) is 0 Å². The maximum atomic E-state index is 11.6. The Bertz CT molecular complexity index is 306. The number of thioether (sulfide) groups is 1. The Labute approximate surface area is 96.9 Å². The van der Waals surface area contributed by atoms with Gasteiger partial charge in [0, 0.05) is 19.1 Å². The molecule has 0 aliphatic carbocycles. The lowest BCUT2D eigenvalue weighted by atomic mass is 10.3. The van der Waals surface area contributed by atoms with Gasteiger partial charge in [-0.1, -0.05) is 11.8 Å². The normalized spacial score (nSPS) is 19.8. The number of carbonyl (C=O) groups is 3. The molecule has 1 fully saturated rings. The van der Waals surface area contributed by atoms with E-state index in [0.29, 0.717) is 5.75 Å². The first-order valence-corrected chi connectivity index (χ1v) is 5.74. The third-order valence-electron chi connectivity index (χ3n) is 2.11. The number of carbonyl (C=O) groups excluding carboxylic acids is 2. The Morgan fingerprint density at radius 1 is 1.50 bits per heavy atom. The molecule has 16 heavy (non-hydrogen) atoms. The SMILES string of the molecule is CC(=O)SCCC(=O)N1COC[C@H]1C(=O)O. The Morgan fingerprint density at radius 2 is 2.19 bits per heavy atom. The van der Waals surface area contributed by atoms with Crippen molar-refractivity contribution in [1.82, 2.24) is 4.90 Å². The van der Waals surface area contributed by atoms with Crippen molar-refractivity contribution >= 4 is 28.8 Å². The number of carboxylic acid groups (broad SMARTS) is 1. The number of aliphatic carboxylic acids is 1. The van der Waals surface area contributed by atoms with E-state index >= 15 is 0 Å². The zero-order chi connectivity index (χ0) is 12.1. The first kappa shape index (κ1) is 13.0. The standard InChI is InChI=1S/C9H13NO5S/c1-6(11)16-3-2-8(12)10-5-15-4-7(10)9(13)14/h7H,2-5H2,1H3,(H,13,14)/t7-/m0/s1. The Balaban J connectivity index is 2.41. The molecule has 0 aromatic carbocycles. The smallest absolute Gasteiger partial charge is 0.328 e. The molecule has 0 aromatic heterocycles. The van der Waals surface area contributed by atoms with E-state index in [0.717, 1.165) is 11.8 Å². The fourth-order valence-electron chi connectivity index (χ4n) is 1.32. The van der Waals surface area contributed by atoms with Crippen LogP contribution in [0.4, 0.5) is 0 Å². The number of nitrogens with zero attached hydrogens (tertiary/aromatic N) is 1. The molecule has 1 amide bonds. The molecule has 1 N–H and O–H groups in total. The summed E-state index contributed by atoms with van der Waals surface area (Å²) in [6.45, 7) is 1.47. The molecule has 0 unspecified atom stereocenters. The van der Waals surface area contributed by atoms with Gasteiger partial charge in [0.25, 0.3) is 0 Å². The van der Waals surface area contributed by atoms with Gasteiger partial charge in [-0.25, -0.2) is 4.79 Å². The van der Waals surface area contributed by atoms with Crippen molar-refractivity contribution in [3.05, 3.63) is 0 Å². The Hall–Kier alpha value is -1.08. The molecule has 1 heterocycles. The highest BCUT2D eigenvalue weighted by Gasteiger charge is 2.34. The van der Waals surface area contributed by atoms with E-state index in [1.807, 2.05) is 0 Å². The largest absolute Gasteiger partial charge is 0.480 e. The summed E-state index contributed by atoms with van der Waals surface area (Å²) in [4.78, 5) is 34.2. The van der Waals surface area contributed by atoms with Crippen molar-refractivity contribution < 1.29 is 24.2 Å². The molecule has 1 rings (SSSR count).